The summed E-state index contributed by atoms with van der Waals surface area (Å²) in [6, 6.07) is 7.34. The molecule has 0 saturated heterocycles. The van der Waals surface area contributed by atoms with Gasteiger partial charge in [0.05, 0.1) is 10.6 Å². The summed E-state index contributed by atoms with van der Waals surface area (Å²) in [7, 11) is 0. The molecule has 2 aromatic rings. The lowest BCUT2D eigenvalue weighted by atomic mass is 10.1. The van der Waals surface area contributed by atoms with Gasteiger partial charge in [0.2, 0.25) is 0 Å². The number of aryl methyl sites for hydroxylation is 1. The predicted molar refractivity (Wildman–Crippen MR) is 74.8 cm³/mol. The number of halogens is 1. The van der Waals surface area contributed by atoms with Crippen molar-refractivity contribution in [2.24, 2.45) is 0 Å². The molecule has 3 nitrogen and oxygen atoms in total. The van der Waals surface area contributed by atoms with Crippen molar-refractivity contribution < 1.29 is 9.53 Å². The maximum absolute atomic E-state index is 11.6. The molecule has 1 aromatic heterocycles. The molecule has 0 aliphatic heterocycles. The van der Waals surface area contributed by atoms with Crippen LogP contribution in [0.2, 0.25) is 5.02 Å². The Kier molecular flexibility index (Phi) is 4.17. The average molecular weight is 276 g/mol. The highest BCUT2D eigenvalue weighted by Gasteiger charge is 2.09. The molecule has 0 bridgehead atoms. The minimum Gasteiger partial charge on any atom is -0.488 e. The summed E-state index contributed by atoms with van der Waals surface area (Å²) in [4.78, 5) is 15.5. The van der Waals surface area contributed by atoms with Crippen LogP contribution in [0, 0.1) is 6.92 Å². The number of nitrogens with zero attached hydrogens (tertiary/aromatic N) is 1. The van der Waals surface area contributed by atoms with E-state index >= 15 is 0 Å². The van der Waals surface area contributed by atoms with Crippen LogP contribution < -0.4 is 4.74 Å². The van der Waals surface area contributed by atoms with Crippen molar-refractivity contribution in [3.63, 3.8) is 0 Å². The molecule has 0 fully saturated rings. The number of rotatable bonds is 4. The molecule has 0 unspecified atom stereocenters. The van der Waals surface area contributed by atoms with Crippen molar-refractivity contribution in [3.05, 3.63) is 58.4 Å². The molecule has 19 heavy (non-hydrogen) atoms. The molecule has 2 rings (SSSR count). The Labute approximate surface area is 117 Å². The fourth-order valence-corrected chi connectivity index (χ4v) is 1.90. The number of Topliss-reactive ketones (excluding diaryl/α,β-unsaturated/α-hetero) is 1. The summed E-state index contributed by atoms with van der Waals surface area (Å²) in [5.74, 6) is 0.561. The second-order valence-corrected chi connectivity index (χ2v) is 4.72. The molecule has 1 heterocycles. The summed E-state index contributed by atoms with van der Waals surface area (Å²) >= 11 is 6.01. The first kappa shape index (κ1) is 13.6. The van der Waals surface area contributed by atoms with E-state index in [2.05, 4.69) is 4.98 Å². The van der Waals surface area contributed by atoms with Crippen LogP contribution in [0.3, 0.4) is 0 Å². The minimum absolute atomic E-state index is 0.0143. The SMILES string of the molecule is CC(=O)c1cc(C)ccc1OCc1ccncc1Cl. The molecule has 0 N–H and O–H groups in total. The van der Waals surface area contributed by atoms with Crippen LogP contribution in [0.1, 0.15) is 28.4 Å². The van der Waals surface area contributed by atoms with Crippen molar-refractivity contribution in [2.75, 3.05) is 0 Å². The first-order valence-electron chi connectivity index (χ1n) is 5.90. The third-order valence-electron chi connectivity index (χ3n) is 2.75. The summed E-state index contributed by atoms with van der Waals surface area (Å²) < 4.78 is 5.69. The zero-order chi connectivity index (χ0) is 13.8. The first-order chi connectivity index (χ1) is 9.08. The third-order valence-corrected chi connectivity index (χ3v) is 3.09. The maximum Gasteiger partial charge on any atom is 0.163 e. The monoisotopic (exact) mass is 275 g/mol. The molecule has 1 aromatic carbocycles. The van der Waals surface area contributed by atoms with Crippen LogP contribution in [0.5, 0.6) is 5.75 Å². The van der Waals surface area contributed by atoms with Gasteiger partial charge in [-0.3, -0.25) is 9.78 Å². The van der Waals surface area contributed by atoms with Gasteiger partial charge in [-0.25, -0.2) is 0 Å². The molecular weight excluding hydrogens is 262 g/mol. The standard InChI is InChI=1S/C15H14ClNO2/c1-10-3-4-15(13(7-10)11(2)18)19-9-12-5-6-17-8-14(12)16/h3-8H,9H2,1-2H3. The number of hydrogen-bond donors (Lipinski definition) is 0. The lowest BCUT2D eigenvalue weighted by Crippen LogP contribution is -2.02. The maximum atomic E-state index is 11.6. The zero-order valence-electron chi connectivity index (χ0n) is 10.8. The van der Waals surface area contributed by atoms with Crippen molar-refractivity contribution >= 4 is 17.4 Å². The lowest BCUT2D eigenvalue weighted by Gasteiger charge is -2.11. The Balaban J connectivity index is 2.20. The quantitative estimate of drug-likeness (QED) is 0.796. The number of carbonyl (C=O) groups is 1. The van der Waals surface area contributed by atoms with Gasteiger partial charge in [0.15, 0.2) is 5.78 Å². The van der Waals surface area contributed by atoms with Crippen molar-refractivity contribution in [2.45, 2.75) is 20.5 Å². The second-order valence-electron chi connectivity index (χ2n) is 4.31. The first-order valence-corrected chi connectivity index (χ1v) is 6.28. The molecule has 0 aliphatic carbocycles. The minimum atomic E-state index is -0.0143. The Hall–Kier alpha value is -1.87. The highest BCUT2D eigenvalue weighted by Crippen LogP contribution is 2.23. The summed E-state index contributed by atoms with van der Waals surface area (Å²) in [5, 5.41) is 0.555. The molecule has 0 atom stereocenters. The largest absolute Gasteiger partial charge is 0.488 e. The third kappa shape index (κ3) is 3.32. The van der Waals surface area contributed by atoms with Crippen molar-refractivity contribution in [3.8, 4) is 5.75 Å². The van der Waals surface area contributed by atoms with Crippen LogP contribution in [-0.4, -0.2) is 10.8 Å². The van der Waals surface area contributed by atoms with Gasteiger partial charge in [-0.1, -0.05) is 23.2 Å². The highest BCUT2D eigenvalue weighted by molar-refractivity contribution is 6.31. The van der Waals surface area contributed by atoms with Crippen LogP contribution >= 0.6 is 11.6 Å². The van der Waals surface area contributed by atoms with E-state index in [0.29, 0.717) is 22.9 Å². The van der Waals surface area contributed by atoms with Gasteiger partial charge in [-0.2, -0.15) is 0 Å². The van der Waals surface area contributed by atoms with Gasteiger partial charge in [-0.05, 0) is 32.0 Å². The van der Waals surface area contributed by atoms with Gasteiger partial charge >= 0.3 is 0 Å². The molecule has 4 heteroatoms. The highest BCUT2D eigenvalue weighted by atomic mass is 35.5. The topological polar surface area (TPSA) is 39.2 Å². The molecule has 0 radical (unpaired) electrons. The van der Waals surface area contributed by atoms with E-state index in [4.69, 9.17) is 16.3 Å². The predicted octanol–water partition coefficient (Wildman–Crippen LogP) is 3.83. The summed E-state index contributed by atoms with van der Waals surface area (Å²) in [6.45, 7) is 3.78. The second kappa shape index (κ2) is 5.85. The molecule has 0 aliphatic rings. The van der Waals surface area contributed by atoms with Crippen molar-refractivity contribution in [1.29, 1.82) is 0 Å². The van der Waals surface area contributed by atoms with E-state index in [1.165, 1.54) is 6.92 Å². The number of carbonyl (C=O) groups excluding carboxylic acids is 1. The smallest absolute Gasteiger partial charge is 0.163 e. The molecule has 0 spiro atoms. The normalized spacial score (nSPS) is 10.3. The molecule has 0 saturated carbocycles. The van der Waals surface area contributed by atoms with E-state index in [1.54, 1.807) is 24.5 Å². The Morgan fingerprint density at radius 2 is 2.16 bits per heavy atom. The van der Waals surface area contributed by atoms with Crippen molar-refractivity contribution in [1.82, 2.24) is 4.98 Å². The number of ether oxygens (including phenoxy) is 1. The van der Waals surface area contributed by atoms with E-state index < -0.39 is 0 Å². The van der Waals surface area contributed by atoms with E-state index in [0.717, 1.165) is 11.1 Å². The Bertz CT molecular complexity index is 611. The van der Waals surface area contributed by atoms with Crippen LogP contribution in [0.4, 0.5) is 0 Å². The Morgan fingerprint density at radius 1 is 1.37 bits per heavy atom. The molecular formula is C15H14ClNO2. The number of ketones is 1. The van der Waals surface area contributed by atoms with Crippen LogP contribution in [0.15, 0.2) is 36.7 Å². The number of aromatic nitrogens is 1. The van der Waals surface area contributed by atoms with Crippen LogP contribution in [-0.2, 0) is 6.61 Å². The number of hydrogen-bond acceptors (Lipinski definition) is 3. The zero-order valence-corrected chi connectivity index (χ0v) is 11.6. The van der Waals surface area contributed by atoms with Gasteiger partial charge in [0.25, 0.3) is 0 Å². The van der Waals surface area contributed by atoms with E-state index in [9.17, 15) is 4.79 Å². The molecule has 0 amide bonds. The Morgan fingerprint density at radius 3 is 2.84 bits per heavy atom. The van der Waals surface area contributed by atoms with E-state index in [1.807, 2.05) is 19.1 Å². The molecule has 98 valence electrons. The van der Waals surface area contributed by atoms with Crippen LogP contribution in [0.25, 0.3) is 0 Å². The average Bonchev–Trinajstić information content (AvgIpc) is 2.38. The van der Waals surface area contributed by atoms with Gasteiger partial charge in [0, 0.05) is 18.0 Å². The fourth-order valence-electron chi connectivity index (χ4n) is 1.72. The van der Waals surface area contributed by atoms with E-state index in [-0.39, 0.29) is 5.78 Å². The number of benzene rings is 1. The number of pyridine rings is 1. The van der Waals surface area contributed by atoms with Gasteiger partial charge in [0.1, 0.15) is 12.4 Å². The lowest BCUT2D eigenvalue weighted by molar-refractivity contribution is 0.101. The summed E-state index contributed by atoms with van der Waals surface area (Å²) in [5.41, 5.74) is 2.46. The summed E-state index contributed by atoms with van der Waals surface area (Å²) in [6.07, 6.45) is 3.23. The van der Waals surface area contributed by atoms with Gasteiger partial charge < -0.3 is 4.74 Å². The van der Waals surface area contributed by atoms with Gasteiger partial charge in [-0.15, -0.1) is 0 Å². The fraction of sp³-hybridized carbons (Fsp3) is 0.200.